The molecule has 1 aromatic carbocycles. The molecular weight excluding hydrogens is 304 g/mol. The number of hydrogen-bond donors (Lipinski definition) is 2. The molecule has 0 aromatic heterocycles. The molecule has 1 aliphatic carbocycles. The van der Waals surface area contributed by atoms with E-state index in [0.717, 1.165) is 19.3 Å². The highest BCUT2D eigenvalue weighted by molar-refractivity contribution is 6.32. The highest BCUT2D eigenvalue weighted by Gasteiger charge is 2.26. The van der Waals surface area contributed by atoms with Crippen molar-refractivity contribution in [1.82, 2.24) is 0 Å². The van der Waals surface area contributed by atoms with Crippen LogP contribution in [0.2, 0.25) is 5.02 Å². The minimum Gasteiger partial charge on any atom is -0.487 e. The van der Waals surface area contributed by atoms with Gasteiger partial charge in [0.15, 0.2) is 5.75 Å². The number of carbonyl (C=O) groups excluding carboxylic acids is 1. The van der Waals surface area contributed by atoms with E-state index in [1.54, 1.807) is 25.3 Å². The summed E-state index contributed by atoms with van der Waals surface area (Å²) < 4.78 is 10.6. The molecule has 5 nitrogen and oxygen atoms in total. The van der Waals surface area contributed by atoms with Crippen LogP contribution in [-0.2, 0) is 9.53 Å². The highest BCUT2D eigenvalue weighted by atomic mass is 35.5. The molecule has 22 heavy (non-hydrogen) atoms. The lowest BCUT2D eigenvalue weighted by Gasteiger charge is -2.17. The first-order valence-corrected chi connectivity index (χ1v) is 7.95. The molecule has 0 unspecified atom stereocenters. The van der Waals surface area contributed by atoms with Gasteiger partial charge >= 0.3 is 0 Å². The number of benzene rings is 1. The Labute approximate surface area is 136 Å². The van der Waals surface area contributed by atoms with Crippen LogP contribution in [0, 0.1) is 5.92 Å². The quantitative estimate of drug-likeness (QED) is 0.756. The van der Waals surface area contributed by atoms with E-state index in [9.17, 15) is 4.79 Å². The standard InChI is InChI=1S/C16H23ClN2O3/c1-21-8-9-22-16-12(17)5-3-7-14(16)19-15(20)10-11-4-2-6-13(11)18/h3,5,7,11,13H,2,4,6,8-10,18H2,1H3,(H,19,20)/t11-,13+/m0/s1. The second-order valence-corrected chi connectivity index (χ2v) is 5.97. The Morgan fingerprint density at radius 1 is 1.41 bits per heavy atom. The molecule has 0 saturated heterocycles. The first-order valence-electron chi connectivity index (χ1n) is 7.57. The van der Waals surface area contributed by atoms with Gasteiger partial charge in [-0.3, -0.25) is 4.79 Å². The lowest BCUT2D eigenvalue weighted by Crippen LogP contribution is -2.28. The van der Waals surface area contributed by atoms with Gasteiger partial charge in [-0.25, -0.2) is 0 Å². The average molecular weight is 327 g/mol. The monoisotopic (exact) mass is 326 g/mol. The van der Waals surface area contributed by atoms with E-state index in [0.29, 0.717) is 36.1 Å². The zero-order chi connectivity index (χ0) is 15.9. The molecule has 0 spiro atoms. The van der Waals surface area contributed by atoms with Crippen LogP contribution in [-0.4, -0.2) is 32.3 Å². The van der Waals surface area contributed by atoms with E-state index in [2.05, 4.69) is 5.32 Å². The fourth-order valence-electron chi connectivity index (χ4n) is 2.74. The van der Waals surface area contributed by atoms with Gasteiger partial charge in [0.1, 0.15) is 6.61 Å². The topological polar surface area (TPSA) is 73.6 Å². The van der Waals surface area contributed by atoms with Crippen LogP contribution in [0.3, 0.4) is 0 Å². The number of methoxy groups -OCH3 is 1. The van der Waals surface area contributed by atoms with Crippen LogP contribution in [0.15, 0.2) is 18.2 Å². The molecule has 1 fully saturated rings. The lowest BCUT2D eigenvalue weighted by molar-refractivity contribution is -0.117. The summed E-state index contributed by atoms with van der Waals surface area (Å²) in [4.78, 5) is 12.2. The summed E-state index contributed by atoms with van der Waals surface area (Å²) in [5.74, 6) is 0.684. The zero-order valence-corrected chi connectivity index (χ0v) is 13.6. The summed E-state index contributed by atoms with van der Waals surface area (Å²) in [6, 6.07) is 5.41. The Morgan fingerprint density at radius 2 is 2.23 bits per heavy atom. The maximum atomic E-state index is 12.2. The first-order chi connectivity index (χ1) is 10.6. The van der Waals surface area contributed by atoms with Crippen molar-refractivity contribution in [2.24, 2.45) is 11.7 Å². The van der Waals surface area contributed by atoms with E-state index >= 15 is 0 Å². The molecule has 3 N–H and O–H groups in total. The maximum Gasteiger partial charge on any atom is 0.224 e. The van der Waals surface area contributed by atoms with Crippen LogP contribution >= 0.6 is 11.6 Å². The van der Waals surface area contributed by atoms with Crippen molar-refractivity contribution in [3.63, 3.8) is 0 Å². The van der Waals surface area contributed by atoms with Crippen LogP contribution in [0.1, 0.15) is 25.7 Å². The minimum atomic E-state index is -0.0544. The minimum absolute atomic E-state index is 0.0544. The Hall–Kier alpha value is -1.30. The Morgan fingerprint density at radius 3 is 2.91 bits per heavy atom. The summed E-state index contributed by atoms with van der Waals surface area (Å²) in [6.07, 6.45) is 3.55. The predicted octanol–water partition coefficient (Wildman–Crippen LogP) is 2.82. The number of ether oxygens (including phenoxy) is 2. The molecule has 2 atom stereocenters. The van der Waals surface area contributed by atoms with Crippen LogP contribution in [0.25, 0.3) is 0 Å². The summed E-state index contributed by atoms with van der Waals surface area (Å²) in [5.41, 5.74) is 6.60. The number of para-hydroxylation sites is 1. The Kier molecular flexibility index (Phi) is 6.49. The molecule has 2 rings (SSSR count). The van der Waals surface area contributed by atoms with Crippen molar-refractivity contribution in [1.29, 1.82) is 0 Å². The Bertz CT molecular complexity index is 510. The van der Waals surface area contributed by atoms with Gasteiger partial charge < -0.3 is 20.5 Å². The molecule has 6 heteroatoms. The van der Waals surface area contributed by atoms with E-state index in [4.69, 9.17) is 26.8 Å². The third-order valence-corrected chi connectivity index (χ3v) is 4.24. The van der Waals surface area contributed by atoms with Gasteiger partial charge in [0, 0.05) is 19.6 Å². The molecule has 1 aliphatic rings. The normalized spacial score (nSPS) is 20.9. The number of rotatable bonds is 7. The SMILES string of the molecule is COCCOc1c(Cl)cccc1NC(=O)C[C@@H]1CCC[C@H]1N. The fourth-order valence-corrected chi connectivity index (χ4v) is 2.97. The third kappa shape index (κ3) is 4.60. The fraction of sp³-hybridized carbons (Fsp3) is 0.562. The van der Waals surface area contributed by atoms with Gasteiger partial charge in [0.2, 0.25) is 5.91 Å². The van der Waals surface area contributed by atoms with Crippen LogP contribution in [0.5, 0.6) is 5.75 Å². The summed E-state index contributed by atoms with van der Waals surface area (Å²) in [7, 11) is 1.60. The van der Waals surface area contributed by atoms with Gasteiger partial charge in [-0.1, -0.05) is 24.1 Å². The zero-order valence-electron chi connectivity index (χ0n) is 12.8. The molecule has 0 radical (unpaired) electrons. The van der Waals surface area contributed by atoms with Gasteiger partial charge in [0.05, 0.1) is 17.3 Å². The maximum absolute atomic E-state index is 12.2. The van der Waals surface area contributed by atoms with E-state index in [-0.39, 0.29) is 17.9 Å². The number of nitrogens with two attached hydrogens (primary N) is 1. The summed E-state index contributed by atoms with van der Waals surface area (Å²) in [6.45, 7) is 0.826. The van der Waals surface area contributed by atoms with Gasteiger partial charge in [-0.2, -0.15) is 0 Å². The van der Waals surface area contributed by atoms with Crippen molar-refractivity contribution >= 4 is 23.2 Å². The van der Waals surface area contributed by atoms with E-state index in [1.165, 1.54) is 0 Å². The number of anilines is 1. The molecular formula is C16H23ClN2O3. The predicted molar refractivity (Wildman–Crippen MR) is 87.4 cm³/mol. The molecule has 0 bridgehead atoms. The molecule has 0 heterocycles. The summed E-state index contributed by atoms with van der Waals surface area (Å²) in [5, 5.41) is 3.35. The van der Waals surface area contributed by atoms with Crippen molar-refractivity contribution < 1.29 is 14.3 Å². The molecule has 1 aromatic rings. The molecule has 1 saturated carbocycles. The van der Waals surface area contributed by atoms with Gasteiger partial charge in [-0.15, -0.1) is 0 Å². The molecule has 0 aliphatic heterocycles. The van der Waals surface area contributed by atoms with Crippen molar-refractivity contribution in [2.45, 2.75) is 31.7 Å². The van der Waals surface area contributed by atoms with Crippen molar-refractivity contribution in [3.05, 3.63) is 23.2 Å². The summed E-state index contributed by atoms with van der Waals surface area (Å²) >= 11 is 6.15. The second-order valence-electron chi connectivity index (χ2n) is 5.56. The molecule has 1 amide bonds. The van der Waals surface area contributed by atoms with Gasteiger partial charge in [-0.05, 0) is 30.9 Å². The number of halogens is 1. The van der Waals surface area contributed by atoms with Gasteiger partial charge in [0.25, 0.3) is 0 Å². The van der Waals surface area contributed by atoms with Crippen molar-refractivity contribution in [3.8, 4) is 5.75 Å². The number of amides is 1. The second kappa shape index (κ2) is 8.36. The van der Waals surface area contributed by atoms with Crippen LogP contribution < -0.4 is 15.8 Å². The average Bonchev–Trinajstić information content (AvgIpc) is 2.87. The smallest absolute Gasteiger partial charge is 0.224 e. The number of nitrogens with one attached hydrogen (secondary N) is 1. The van der Waals surface area contributed by atoms with Crippen LogP contribution in [0.4, 0.5) is 5.69 Å². The third-order valence-electron chi connectivity index (χ3n) is 3.94. The highest BCUT2D eigenvalue weighted by Crippen LogP contribution is 2.34. The molecule has 122 valence electrons. The lowest BCUT2D eigenvalue weighted by atomic mass is 10.00. The largest absolute Gasteiger partial charge is 0.487 e. The number of carbonyl (C=O) groups is 1. The number of hydrogen-bond acceptors (Lipinski definition) is 4. The first kappa shape index (κ1) is 17.1. The Balaban J connectivity index is 1.98. The van der Waals surface area contributed by atoms with E-state index in [1.807, 2.05) is 0 Å². The van der Waals surface area contributed by atoms with Crippen molar-refractivity contribution in [2.75, 3.05) is 25.6 Å². The van der Waals surface area contributed by atoms with E-state index < -0.39 is 0 Å².